The predicted molar refractivity (Wildman–Crippen MR) is 132 cm³/mol. The van der Waals surface area contributed by atoms with Crippen molar-refractivity contribution in [2.75, 3.05) is 11.9 Å². The fourth-order valence-electron chi connectivity index (χ4n) is 3.98. The van der Waals surface area contributed by atoms with Crippen LogP contribution in [0.1, 0.15) is 28.8 Å². The van der Waals surface area contributed by atoms with Gasteiger partial charge in [-0.1, -0.05) is 17.7 Å². The number of amides is 3. The number of nitrogens with two attached hydrogens (primary N) is 1. The number of rotatable bonds is 7. The minimum Gasteiger partial charge on any atom is -0.357 e. The lowest BCUT2D eigenvalue weighted by Crippen LogP contribution is -2.40. The Bertz CT molecular complexity index is 1330. The highest BCUT2D eigenvalue weighted by atomic mass is 35.5. The number of aromatic amines is 1. The molecule has 3 amide bonds. The molecule has 0 saturated heterocycles. The molecule has 34 heavy (non-hydrogen) atoms. The molecule has 0 spiro atoms. The predicted octanol–water partition coefficient (Wildman–Crippen LogP) is 3.72. The quantitative estimate of drug-likeness (QED) is 0.392. The van der Waals surface area contributed by atoms with Crippen molar-refractivity contribution < 1.29 is 9.59 Å². The fraction of sp³-hybridized carbons (Fsp3) is 0.250. The average Bonchev–Trinajstić information content (AvgIpc) is 3.39. The molecule has 0 radical (unpaired) electrons. The summed E-state index contributed by atoms with van der Waals surface area (Å²) in [6.07, 6.45) is 4.53. The van der Waals surface area contributed by atoms with Gasteiger partial charge in [-0.2, -0.15) is 0 Å². The first kappa shape index (κ1) is 23.5. The van der Waals surface area contributed by atoms with Crippen LogP contribution in [0.25, 0.3) is 10.9 Å². The van der Waals surface area contributed by atoms with Crippen molar-refractivity contribution in [2.24, 2.45) is 12.8 Å². The molecule has 9 nitrogen and oxygen atoms in total. The van der Waals surface area contributed by atoms with E-state index in [2.05, 4.69) is 15.0 Å². The Morgan fingerprint density at radius 3 is 2.71 bits per heavy atom. The van der Waals surface area contributed by atoms with E-state index < -0.39 is 6.03 Å². The molecule has 4 aromatic rings. The lowest BCUT2D eigenvalue weighted by molar-refractivity contribution is -0.116. The van der Waals surface area contributed by atoms with E-state index >= 15 is 0 Å². The molecule has 0 aliphatic rings. The molecule has 0 bridgehead atoms. The highest BCUT2D eigenvalue weighted by Crippen LogP contribution is 2.26. The van der Waals surface area contributed by atoms with Crippen molar-refractivity contribution in [1.82, 2.24) is 24.4 Å². The third-order valence-electron chi connectivity index (χ3n) is 5.91. The van der Waals surface area contributed by atoms with E-state index in [4.69, 9.17) is 17.3 Å². The van der Waals surface area contributed by atoms with E-state index in [-0.39, 0.29) is 12.6 Å². The fourth-order valence-corrected chi connectivity index (χ4v) is 4.21. The van der Waals surface area contributed by atoms with E-state index in [0.29, 0.717) is 35.2 Å². The standard InChI is InChI=1S/C24H26ClN7O2/c1-15-22(29-23(30(15)2)20(26)11-16-7-9-27-10-8-16)31(3)24(34)32(14-33)13-17-12-18-19(25)5-4-6-21(18)28-17/h4-10,12,14,20,28H,11,13,26H2,1-3H3. The van der Waals surface area contributed by atoms with Gasteiger partial charge in [0.1, 0.15) is 5.82 Å². The molecule has 1 unspecified atom stereocenters. The summed E-state index contributed by atoms with van der Waals surface area (Å²) < 4.78 is 1.87. The van der Waals surface area contributed by atoms with Gasteiger partial charge in [0.15, 0.2) is 5.82 Å². The number of pyridine rings is 1. The van der Waals surface area contributed by atoms with Crippen LogP contribution < -0.4 is 10.6 Å². The lowest BCUT2D eigenvalue weighted by Gasteiger charge is -2.22. The van der Waals surface area contributed by atoms with Crippen LogP contribution >= 0.6 is 11.6 Å². The van der Waals surface area contributed by atoms with Crippen molar-refractivity contribution in [2.45, 2.75) is 25.9 Å². The number of urea groups is 1. The minimum atomic E-state index is -0.504. The van der Waals surface area contributed by atoms with E-state index in [1.54, 1.807) is 25.5 Å². The summed E-state index contributed by atoms with van der Waals surface area (Å²) in [5.41, 5.74) is 9.76. The highest BCUT2D eigenvalue weighted by Gasteiger charge is 2.26. The molecule has 10 heteroatoms. The molecule has 1 aromatic carbocycles. The van der Waals surface area contributed by atoms with E-state index in [9.17, 15) is 9.59 Å². The Morgan fingerprint density at radius 2 is 2.03 bits per heavy atom. The van der Waals surface area contributed by atoms with Crippen molar-refractivity contribution >= 4 is 40.8 Å². The van der Waals surface area contributed by atoms with Crippen molar-refractivity contribution in [3.63, 3.8) is 0 Å². The lowest BCUT2D eigenvalue weighted by atomic mass is 10.1. The molecule has 3 heterocycles. The van der Waals surface area contributed by atoms with Crippen molar-refractivity contribution in [3.8, 4) is 0 Å². The van der Waals surface area contributed by atoms with Gasteiger partial charge in [-0.15, -0.1) is 0 Å². The molecule has 4 rings (SSSR count). The number of imidazole rings is 1. The monoisotopic (exact) mass is 479 g/mol. The Morgan fingerprint density at radius 1 is 1.29 bits per heavy atom. The number of hydrogen-bond donors (Lipinski definition) is 2. The van der Waals surface area contributed by atoms with Crippen molar-refractivity contribution in [1.29, 1.82) is 0 Å². The number of imide groups is 1. The maximum Gasteiger partial charge on any atom is 0.332 e. The summed E-state index contributed by atoms with van der Waals surface area (Å²) in [5, 5.41) is 1.43. The van der Waals surface area contributed by atoms with Crippen LogP contribution in [-0.2, 0) is 24.8 Å². The maximum absolute atomic E-state index is 13.2. The molecular formula is C24H26ClN7O2. The number of H-pyrrole nitrogens is 1. The average molecular weight is 480 g/mol. The van der Waals surface area contributed by atoms with E-state index in [1.807, 2.05) is 48.9 Å². The van der Waals surface area contributed by atoms with E-state index in [1.165, 1.54) is 4.90 Å². The number of nitrogens with one attached hydrogen (secondary N) is 1. The molecule has 0 aliphatic carbocycles. The van der Waals surface area contributed by atoms with Gasteiger partial charge >= 0.3 is 6.03 Å². The number of aromatic nitrogens is 4. The number of benzene rings is 1. The Hall–Kier alpha value is -3.69. The zero-order chi connectivity index (χ0) is 24.4. The SMILES string of the molecule is Cc1c(N(C)C(=O)N(C=O)Cc2cc3c(Cl)cccc3[nH]2)nc(C(N)Cc2ccncc2)n1C. The van der Waals surface area contributed by atoms with Gasteiger partial charge < -0.3 is 15.3 Å². The van der Waals surface area contributed by atoms with Crippen molar-refractivity contribution in [3.05, 3.63) is 76.6 Å². The molecule has 176 valence electrons. The van der Waals surface area contributed by atoms with Gasteiger partial charge in [0.05, 0.1) is 18.3 Å². The van der Waals surface area contributed by atoms with Gasteiger partial charge in [0, 0.05) is 48.1 Å². The van der Waals surface area contributed by atoms with Crippen LogP contribution in [0.3, 0.4) is 0 Å². The third kappa shape index (κ3) is 4.52. The zero-order valence-electron chi connectivity index (χ0n) is 19.2. The molecule has 0 fully saturated rings. The smallest absolute Gasteiger partial charge is 0.332 e. The minimum absolute atomic E-state index is 0.0674. The third-order valence-corrected chi connectivity index (χ3v) is 6.24. The first-order chi connectivity index (χ1) is 16.3. The summed E-state index contributed by atoms with van der Waals surface area (Å²) in [6.45, 7) is 1.93. The largest absolute Gasteiger partial charge is 0.357 e. The second kappa shape index (κ2) is 9.66. The van der Waals surface area contributed by atoms with Gasteiger partial charge in [-0.25, -0.2) is 9.78 Å². The number of nitrogens with zero attached hydrogens (tertiary/aromatic N) is 5. The van der Waals surface area contributed by atoms with Crippen LogP contribution in [-0.4, -0.2) is 43.9 Å². The topological polar surface area (TPSA) is 113 Å². The van der Waals surface area contributed by atoms with Gasteiger partial charge in [-0.05, 0) is 49.2 Å². The highest BCUT2D eigenvalue weighted by molar-refractivity contribution is 6.35. The van der Waals surface area contributed by atoms with Gasteiger partial charge in [-0.3, -0.25) is 19.6 Å². The van der Waals surface area contributed by atoms with Crippen LogP contribution in [0.5, 0.6) is 0 Å². The van der Waals surface area contributed by atoms with Gasteiger partial charge in [0.25, 0.3) is 0 Å². The molecule has 0 aliphatic heterocycles. The van der Waals surface area contributed by atoms with Crippen LogP contribution in [0.15, 0.2) is 48.8 Å². The number of hydrogen-bond acceptors (Lipinski definition) is 5. The Balaban J connectivity index is 1.54. The second-order valence-corrected chi connectivity index (χ2v) is 8.58. The summed E-state index contributed by atoms with van der Waals surface area (Å²) in [7, 11) is 3.45. The first-order valence-corrected chi connectivity index (χ1v) is 11.1. The number of carbonyl (C=O) groups is 2. The summed E-state index contributed by atoms with van der Waals surface area (Å²) in [4.78, 5) is 39.3. The van der Waals surface area contributed by atoms with Gasteiger partial charge in [0.2, 0.25) is 6.41 Å². The molecule has 1 atom stereocenters. The second-order valence-electron chi connectivity index (χ2n) is 8.17. The summed E-state index contributed by atoms with van der Waals surface area (Å²) >= 11 is 6.24. The van der Waals surface area contributed by atoms with Crippen LogP contribution in [0.2, 0.25) is 5.02 Å². The number of fused-ring (bicyclic) bond motifs is 1. The Kier molecular flexibility index (Phi) is 6.67. The Labute approximate surface area is 202 Å². The molecule has 3 N–H and O–H groups in total. The zero-order valence-corrected chi connectivity index (χ0v) is 20.0. The molecule has 0 saturated carbocycles. The summed E-state index contributed by atoms with van der Waals surface area (Å²) in [6, 6.07) is 10.3. The summed E-state index contributed by atoms with van der Waals surface area (Å²) in [5.74, 6) is 1.09. The number of anilines is 1. The molecule has 3 aromatic heterocycles. The first-order valence-electron chi connectivity index (χ1n) is 10.7. The number of halogens is 1. The maximum atomic E-state index is 13.2. The van der Waals surface area contributed by atoms with Crippen LogP contribution in [0.4, 0.5) is 10.6 Å². The van der Waals surface area contributed by atoms with Crippen LogP contribution in [0, 0.1) is 6.92 Å². The molecular weight excluding hydrogens is 454 g/mol. The normalized spacial score (nSPS) is 12.0. The van der Waals surface area contributed by atoms with E-state index in [0.717, 1.165) is 27.1 Å². The number of carbonyl (C=O) groups excluding carboxylic acids is 2.